The molecule has 1 saturated heterocycles. The van der Waals surface area contributed by atoms with Gasteiger partial charge in [-0.2, -0.15) is 5.10 Å². The number of hydrogen-bond donors (Lipinski definition) is 0. The van der Waals surface area contributed by atoms with Crippen molar-refractivity contribution in [3.05, 3.63) is 42.5 Å². The number of nitrogens with zero attached hydrogens (tertiary/aromatic N) is 5. The first kappa shape index (κ1) is 14.2. The molecule has 2 heterocycles. The molecule has 0 radical (unpaired) electrons. The van der Waals surface area contributed by atoms with Gasteiger partial charge in [-0.25, -0.2) is 9.67 Å². The van der Waals surface area contributed by atoms with Crippen LogP contribution in [0.2, 0.25) is 0 Å². The summed E-state index contributed by atoms with van der Waals surface area (Å²) in [6.45, 7) is 6.00. The molecule has 0 bridgehead atoms. The van der Waals surface area contributed by atoms with E-state index in [-0.39, 0.29) is 0 Å². The SMILES string of the molecule is CN1CCN(CCCc2cccc(-n3cncn3)c2)CC1. The number of benzene rings is 1. The predicted molar refractivity (Wildman–Crippen MR) is 83.6 cm³/mol. The second kappa shape index (κ2) is 6.83. The molecular formula is C16H23N5. The summed E-state index contributed by atoms with van der Waals surface area (Å²) in [6, 6.07) is 8.57. The van der Waals surface area contributed by atoms with Gasteiger partial charge in [-0.05, 0) is 44.1 Å². The van der Waals surface area contributed by atoms with E-state index in [0.29, 0.717) is 0 Å². The normalized spacial score (nSPS) is 17.2. The van der Waals surface area contributed by atoms with E-state index in [1.54, 1.807) is 12.7 Å². The van der Waals surface area contributed by atoms with E-state index in [1.165, 1.54) is 44.7 Å². The minimum Gasteiger partial charge on any atom is -0.304 e. The van der Waals surface area contributed by atoms with E-state index < -0.39 is 0 Å². The Morgan fingerprint density at radius 1 is 1.14 bits per heavy atom. The lowest BCUT2D eigenvalue weighted by molar-refractivity contribution is 0.153. The second-order valence-electron chi connectivity index (χ2n) is 5.76. The number of aryl methyl sites for hydroxylation is 1. The smallest absolute Gasteiger partial charge is 0.138 e. The Balaban J connectivity index is 1.50. The molecule has 112 valence electrons. The lowest BCUT2D eigenvalue weighted by atomic mass is 10.1. The van der Waals surface area contributed by atoms with E-state index in [1.807, 2.05) is 4.68 Å². The minimum atomic E-state index is 1.09. The molecule has 0 atom stereocenters. The highest BCUT2D eigenvalue weighted by Gasteiger charge is 2.12. The number of hydrogen-bond acceptors (Lipinski definition) is 4. The molecule has 21 heavy (non-hydrogen) atoms. The average Bonchev–Trinajstić information content (AvgIpc) is 3.04. The molecule has 3 rings (SSSR count). The zero-order chi connectivity index (χ0) is 14.5. The topological polar surface area (TPSA) is 37.2 Å². The van der Waals surface area contributed by atoms with Gasteiger partial charge in [0.1, 0.15) is 12.7 Å². The summed E-state index contributed by atoms with van der Waals surface area (Å²) in [4.78, 5) is 8.97. The molecule has 0 spiro atoms. The van der Waals surface area contributed by atoms with Gasteiger partial charge in [0.05, 0.1) is 5.69 Å². The van der Waals surface area contributed by atoms with Crippen LogP contribution in [-0.2, 0) is 6.42 Å². The molecule has 0 saturated carbocycles. The molecule has 1 aliphatic rings. The van der Waals surface area contributed by atoms with Crippen LogP contribution >= 0.6 is 0 Å². The maximum atomic E-state index is 4.18. The molecule has 0 N–H and O–H groups in total. The number of aromatic nitrogens is 3. The quantitative estimate of drug-likeness (QED) is 0.833. The highest BCUT2D eigenvalue weighted by molar-refractivity contribution is 5.34. The van der Waals surface area contributed by atoms with Crippen LogP contribution in [0, 0.1) is 0 Å². The Morgan fingerprint density at radius 3 is 2.76 bits per heavy atom. The van der Waals surface area contributed by atoms with Crippen molar-refractivity contribution in [1.29, 1.82) is 0 Å². The molecule has 0 amide bonds. The Morgan fingerprint density at radius 2 is 2.00 bits per heavy atom. The van der Waals surface area contributed by atoms with E-state index >= 15 is 0 Å². The van der Waals surface area contributed by atoms with Crippen LogP contribution < -0.4 is 0 Å². The lowest BCUT2D eigenvalue weighted by Gasteiger charge is -2.32. The molecule has 2 aromatic rings. The monoisotopic (exact) mass is 285 g/mol. The summed E-state index contributed by atoms with van der Waals surface area (Å²) in [6.07, 6.45) is 5.64. The predicted octanol–water partition coefficient (Wildman–Crippen LogP) is 1.45. The van der Waals surface area contributed by atoms with Crippen LogP contribution in [0.4, 0.5) is 0 Å². The van der Waals surface area contributed by atoms with Crippen LogP contribution in [0.15, 0.2) is 36.9 Å². The fourth-order valence-electron chi connectivity index (χ4n) is 2.77. The third-order valence-corrected chi connectivity index (χ3v) is 4.13. The van der Waals surface area contributed by atoms with Gasteiger partial charge in [-0.3, -0.25) is 0 Å². The van der Waals surface area contributed by atoms with Crippen molar-refractivity contribution in [1.82, 2.24) is 24.6 Å². The van der Waals surface area contributed by atoms with Crippen molar-refractivity contribution >= 4 is 0 Å². The van der Waals surface area contributed by atoms with Gasteiger partial charge in [-0.15, -0.1) is 0 Å². The van der Waals surface area contributed by atoms with Crippen molar-refractivity contribution in [3.63, 3.8) is 0 Å². The highest BCUT2D eigenvalue weighted by atomic mass is 15.3. The molecule has 1 aliphatic heterocycles. The minimum absolute atomic E-state index is 1.09. The summed E-state index contributed by atoms with van der Waals surface area (Å²) in [5.74, 6) is 0. The van der Waals surface area contributed by atoms with Crippen molar-refractivity contribution in [2.75, 3.05) is 39.8 Å². The van der Waals surface area contributed by atoms with Crippen LogP contribution in [-0.4, -0.2) is 64.3 Å². The molecule has 5 heteroatoms. The van der Waals surface area contributed by atoms with Crippen molar-refractivity contribution in [2.24, 2.45) is 0 Å². The Kier molecular flexibility index (Phi) is 4.62. The fraction of sp³-hybridized carbons (Fsp3) is 0.500. The third kappa shape index (κ3) is 3.89. The van der Waals surface area contributed by atoms with Crippen LogP contribution in [0.25, 0.3) is 5.69 Å². The maximum Gasteiger partial charge on any atom is 0.138 e. The first-order valence-corrected chi connectivity index (χ1v) is 7.66. The lowest BCUT2D eigenvalue weighted by Crippen LogP contribution is -2.44. The van der Waals surface area contributed by atoms with E-state index in [0.717, 1.165) is 12.1 Å². The van der Waals surface area contributed by atoms with Gasteiger partial charge in [0.2, 0.25) is 0 Å². The van der Waals surface area contributed by atoms with Gasteiger partial charge in [-0.1, -0.05) is 12.1 Å². The largest absolute Gasteiger partial charge is 0.304 e. The maximum absolute atomic E-state index is 4.18. The molecule has 1 aromatic carbocycles. The fourth-order valence-corrected chi connectivity index (χ4v) is 2.77. The molecule has 0 aliphatic carbocycles. The van der Waals surface area contributed by atoms with Crippen LogP contribution in [0.1, 0.15) is 12.0 Å². The van der Waals surface area contributed by atoms with Crippen molar-refractivity contribution < 1.29 is 0 Å². The zero-order valence-corrected chi connectivity index (χ0v) is 12.6. The average molecular weight is 285 g/mol. The molecule has 1 aromatic heterocycles. The summed E-state index contributed by atoms with van der Waals surface area (Å²) < 4.78 is 1.81. The Hall–Kier alpha value is -1.72. The summed E-state index contributed by atoms with van der Waals surface area (Å²) in [5.41, 5.74) is 2.46. The number of piperazine rings is 1. The molecule has 1 fully saturated rings. The first-order chi connectivity index (χ1) is 10.3. The van der Waals surface area contributed by atoms with Gasteiger partial charge >= 0.3 is 0 Å². The van der Waals surface area contributed by atoms with E-state index in [9.17, 15) is 0 Å². The summed E-state index contributed by atoms with van der Waals surface area (Å²) >= 11 is 0. The number of rotatable bonds is 5. The summed E-state index contributed by atoms with van der Waals surface area (Å²) in [5, 5.41) is 4.18. The summed E-state index contributed by atoms with van der Waals surface area (Å²) in [7, 11) is 2.20. The van der Waals surface area contributed by atoms with Crippen molar-refractivity contribution in [2.45, 2.75) is 12.8 Å². The van der Waals surface area contributed by atoms with Crippen molar-refractivity contribution in [3.8, 4) is 5.69 Å². The van der Waals surface area contributed by atoms with Gasteiger partial charge < -0.3 is 9.80 Å². The standard InChI is InChI=1S/C16H23N5/c1-19-8-10-20(11-9-19)7-3-5-15-4-2-6-16(12-15)21-14-17-13-18-21/h2,4,6,12-14H,3,5,7-11H2,1H3. The zero-order valence-electron chi connectivity index (χ0n) is 12.6. The van der Waals surface area contributed by atoms with Gasteiger partial charge in [0.25, 0.3) is 0 Å². The Bertz CT molecular complexity index is 544. The third-order valence-electron chi connectivity index (χ3n) is 4.13. The highest BCUT2D eigenvalue weighted by Crippen LogP contribution is 2.11. The van der Waals surface area contributed by atoms with Crippen LogP contribution in [0.5, 0.6) is 0 Å². The number of likely N-dealkylation sites (N-methyl/N-ethyl adjacent to an activating group) is 1. The molecular weight excluding hydrogens is 262 g/mol. The molecule has 0 unspecified atom stereocenters. The Labute approximate surface area is 126 Å². The molecule has 5 nitrogen and oxygen atoms in total. The van der Waals surface area contributed by atoms with Gasteiger partial charge in [0.15, 0.2) is 0 Å². The van der Waals surface area contributed by atoms with Crippen LogP contribution in [0.3, 0.4) is 0 Å². The second-order valence-corrected chi connectivity index (χ2v) is 5.76. The van der Waals surface area contributed by atoms with Gasteiger partial charge in [0, 0.05) is 26.2 Å². The first-order valence-electron chi connectivity index (χ1n) is 7.66. The van der Waals surface area contributed by atoms with E-state index in [4.69, 9.17) is 0 Å². The van der Waals surface area contributed by atoms with E-state index in [2.05, 4.69) is 51.2 Å².